The summed E-state index contributed by atoms with van der Waals surface area (Å²) >= 11 is 0. The van der Waals surface area contributed by atoms with Crippen LogP contribution in [0.5, 0.6) is 0 Å². The monoisotopic (exact) mass is 144 g/mol. The van der Waals surface area contributed by atoms with E-state index in [-0.39, 0.29) is 0 Å². The zero-order valence-corrected chi connectivity index (χ0v) is 7.19. The number of nitrogens with two attached hydrogens (primary N) is 1. The second-order valence-electron chi connectivity index (χ2n) is 2.66. The van der Waals surface area contributed by atoms with E-state index in [1.165, 1.54) is 6.42 Å². The van der Waals surface area contributed by atoms with Gasteiger partial charge in [-0.05, 0) is 32.4 Å². The Hall–Kier alpha value is -0.0800. The largest absolute Gasteiger partial charge is 0.328 e. The van der Waals surface area contributed by atoms with Gasteiger partial charge in [0.1, 0.15) is 0 Å². The molecule has 0 heterocycles. The van der Waals surface area contributed by atoms with Crippen LogP contribution in [0.25, 0.3) is 0 Å². The molecule has 62 valence electrons. The molecule has 0 aliphatic heterocycles. The molecule has 0 aromatic heterocycles. The van der Waals surface area contributed by atoms with Gasteiger partial charge in [0, 0.05) is 6.04 Å². The molecule has 0 saturated heterocycles. The summed E-state index contributed by atoms with van der Waals surface area (Å²) in [6.45, 7) is 6.45. The fraction of sp³-hybridized carbons (Fsp3) is 1.00. The summed E-state index contributed by atoms with van der Waals surface area (Å²) in [5, 5.41) is 3.27. The molecule has 2 heteroatoms. The van der Waals surface area contributed by atoms with E-state index in [4.69, 9.17) is 5.73 Å². The Morgan fingerprint density at radius 2 is 2.10 bits per heavy atom. The van der Waals surface area contributed by atoms with Crippen molar-refractivity contribution >= 4 is 0 Å². The highest BCUT2D eigenvalue weighted by Crippen LogP contribution is 1.96. The van der Waals surface area contributed by atoms with Crippen molar-refractivity contribution in [1.29, 1.82) is 0 Å². The standard InChI is InChI=1S/C8H20N2/c1-3-8(9)6-5-7-10-4-2/h8,10H,3-7,9H2,1-2H3/t8-/m1/s1. The van der Waals surface area contributed by atoms with Crippen LogP contribution in [-0.4, -0.2) is 19.1 Å². The first-order valence-corrected chi connectivity index (χ1v) is 4.27. The molecule has 0 aliphatic carbocycles. The Kier molecular flexibility index (Phi) is 6.98. The number of hydrogen-bond acceptors (Lipinski definition) is 2. The molecule has 0 bridgehead atoms. The van der Waals surface area contributed by atoms with E-state index >= 15 is 0 Å². The average molecular weight is 144 g/mol. The first kappa shape index (κ1) is 9.92. The molecule has 1 atom stereocenters. The third-order valence-electron chi connectivity index (χ3n) is 1.70. The minimum Gasteiger partial charge on any atom is -0.328 e. The molecule has 0 unspecified atom stereocenters. The maximum atomic E-state index is 5.73. The highest BCUT2D eigenvalue weighted by atomic mass is 14.8. The molecular formula is C8H20N2. The van der Waals surface area contributed by atoms with Crippen molar-refractivity contribution in [2.24, 2.45) is 5.73 Å². The fourth-order valence-corrected chi connectivity index (χ4v) is 0.870. The van der Waals surface area contributed by atoms with Crippen molar-refractivity contribution in [2.45, 2.75) is 39.2 Å². The summed E-state index contributed by atoms with van der Waals surface area (Å²) in [5.74, 6) is 0. The van der Waals surface area contributed by atoms with Gasteiger partial charge in [0.05, 0.1) is 0 Å². The lowest BCUT2D eigenvalue weighted by Gasteiger charge is -2.07. The average Bonchev–Trinajstić information content (AvgIpc) is 1.98. The van der Waals surface area contributed by atoms with Crippen molar-refractivity contribution in [1.82, 2.24) is 5.32 Å². The van der Waals surface area contributed by atoms with Crippen LogP contribution in [0, 0.1) is 0 Å². The highest BCUT2D eigenvalue weighted by Gasteiger charge is 1.96. The molecule has 0 spiro atoms. The van der Waals surface area contributed by atoms with Crippen LogP contribution in [-0.2, 0) is 0 Å². The van der Waals surface area contributed by atoms with Gasteiger partial charge in [-0.15, -0.1) is 0 Å². The predicted molar refractivity (Wildman–Crippen MR) is 46.0 cm³/mol. The van der Waals surface area contributed by atoms with Crippen LogP contribution < -0.4 is 11.1 Å². The normalized spacial score (nSPS) is 13.5. The van der Waals surface area contributed by atoms with Crippen molar-refractivity contribution in [2.75, 3.05) is 13.1 Å². The third kappa shape index (κ3) is 6.05. The summed E-state index contributed by atoms with van der Waals surface area (Å²) in [6.07, 6.45) is 3.47. The highest BCUT2D eigenvalue weighted by molar-refractivity contribution is 4.58. The molecule has 0 rings (SSSR count). The molecule has 3 N–H and O–H groups in total. The van der Waals surface area contributed by atoms with Gasteiger partial charge in [-0.1, -0.05) is 13.8 Å². The topological polar surface area (TPSA) is 38.0 Å². The lowest BCUT2D eigenvalue weighted by Crippen LogP contribution is -2.21. The van der Waals surface area contributed by atoms with Gasteiger partial charge in [-0.25, -0.2) is 0 Å². The number of nitrogens with one attached hydrogen (secondary N) is 1. The molecule has 0 saturated carbocycles. The van der Waals surface area contributed by atoms with Crippen molar-refractivity contribution in [3.63, 3.8) is 0 Å². The number of hydrogen-bond donors (Lipinski definition) is 2. The maximum Gasteiger partial charge on any atom is 0.00366 e. The van der Waals surface area contributed by atoms with Gasteiger partial charge >= 0.3 is 0 Å². The zero-order valence-electron chi connectivity index (χ0n) is 7.19. The minimum absolute atomic E-state index is 0.415. The summed E-state index contributed by atoms with van der Waals surface area (Å²) < 4.78 is 0. The second-order valence-corrected chi connectivity index (χ2v) is 2.66. The van der Waals surface area contributed by atoms with Gasteiger partial charge in [0.2, 0.25) is 0 Å². The first-order chi connectivity index (χ1) is 4.81. The maximum absolute atomic E-state index is 5.73. The quantitative estimate of drug-likeness (QED) is 0.548. The molecule has 0 radical (unpaired) electrons. The molecule has 2 nitrogen and oxygen atoms in total. The molecule has 0 fully saturated rings. The zero-order chi connectivity index (χ0) is 7.82. The Bertz CT molecular complexity index is 64.3. The van der Waals surface area contributed by atoms with Crippen molar-refractivity contribution in [3.8, 4) is 0 Å². The van der Waals surface area contributed by atoms with E-state index in [0.29, 0.717) is 6.04 Å². The van der Waals surface area contributed by atoms with Gasteiger partial charge < -0.3 is 11.1 Å². The van der Waals surface area contributed by atoms with Gasteiger partial charge in [-0.3, -0.25) is 0 Å². The van der Waals surface area contributed by atoms with E-state index in [0.717, 1.165) is 25.9 Å². The molecular weight excluding hydrogens is 124 g/mol. The minimum atomic E-state index is 0.415. The summed E-state index contributed by atoms with van der Waals surface area (Å²) in [5.41, 5.74) is 5.73. The van der Waals surface area contributed by atoms with Crippen LogP contribution in [0.15, 0.2) is 0 Å². The summed E-state index contributed by atoms with van der Waals surface area (Å²) in [4.78, 5) is 0. The van der Waals surface area contributed by atoms with E-state index in [1.807, 2.05) is 0 Å². The van der Waals surface area contributed by atoms with Crippen LogP contribution >= 0.6 is 0 Å². The van der Waals surface area contributed by atoms with E-state index in [9.17, 15) is 0 Å². The molecule has 0 aliphatic rings. The number of rotatable bonds is 6. The summed E-state index contributed by atoms with van der Waals surface area (Å²) in [6, 6.07) is 0.415. The Balaban J connectivity index is 2.89. The molecule has 0 aromatic carbocycles. The lowest BCUT2D eigenvalue weighted by atomic mass is 10.1. The van der Waals surface area contributed by atoms with Crippen LogP contribution in [0.1, 0.15) is 33.1 Å². The van der Waals surface area contributed by atoms with Crippen LogP contribution in [0.3, 0.4) is 0 Å². The SMILES string of the molecule is CCNCCC[C@H](N)CC. The third-order valence-corrected chi connectivity index (χ3v) is 1.70. The lowest BCUT2D eigenvalue weighted by molar-refractivity contribution is 0.545. The second kappa shape index (κ2) is 7.03. The van der Waals surface area contributed by atoms with E-state index < -0.39 is 0 Å². The van der Waals surface area contributed by atoms with Crippen LogP contribution in [0.2, 0.25) is 0 Å². The Morgan fingerprint density at radius 1 is 1.40 bits per heavy atom. The fourth-order valence-electron chi connectivity index (χ4n) is 0.870. The Morgan fingerprint density at radius 3 is 2.60 bits per heavy atom. The summed E-state index contributed by atoms with van der Waals surface area (Å²) in [7, 11) is 0. The molecule has 0 amide bonds. The van der Waals surface area contributed by atoms with Gasteiger partial charge in [-0.2, -0.15) is 0 Å². The van der Waals surface area contributed by atoms with E-state index in [2.05, 4.69) is 19.2 Å². The van der Waals surface area contributed by atoms with E-state index in [1.54, 1.807) is 0 Å². The van der Waals surface area contributed by atoms with Crippen molar-refractivity contribution < 1.29 is 0 Å². The smallest absolute Gasteiger partial charge is 0.00366 e. The van der Waals surface area contributed by atoms with Gasteiger partial charge in [0.25, 0.3) is 0 Å². The molecule has 10 heavy (non-hydrogen) atoms. The Labute approximate surface area is 64.2 Å². The van der Waals surface area contributed by atoms with Crippen LogP contribution in [0.4, 0.5) is 0 Å². The molecule has 0 aromatic rings. The predicted octanol–water partition coefficient (Wildman–Crippen LogP) is 1.11. The first-order valence-electron chi connectivity index (χ1n) is 4.27. The van der Waals surface area contributed by atoms with Gasteiger partial charge in [0.15, 0.2) is 0 Å². The van der Waals surface area contributed by atoms with Crippen molar-refractivity contribution in [3.05, 3.63) is 0 Å².